The molecule has 0 fully saturated rings. The first kappa shape index (κ1) is 9.37. The fourth-order valence-electron chi connectivity index (χ4n) is 1.28. The van der Waals surface area contributed by atoms with Gasteiger partial charge < -0.3 is 13.9 Å². The van der Waals surface area contributed by atoms with Crippen molar-refractivity contribution in [2.75, 3.05) is 0 Å². The van der Waals surface area contributed by atoms with Crippen LogP contribution in [0, 0.1) is 0 Å². The Labute approximate surface area is 85.9 Å². The summed E-state index contributed by atoms with van der Waals surface area (Å²) in [5.41, 5.74) is 1.53. The Bertz CT molecular complexity index is 391. The first-order valence-electron chi connectivity index (χ1n) is 4.19. The van der Waals surface area contributed by atoms with Crippen molar-refractivity contribution in [3.8, 4) is 0 Å². The maximum Gasteiger partial charge on any atom is 0.198 e. The van der Waals surface area contributed by atoms with Gasteiger partial charge in [-0.15, -0.1) is 0 Å². The topological polar surface area (TPSA) is 46.5 Å². The SMILES string of the molecule is OC(Cc1ccoc1)c1ccoc1Cl. The maximum atomic E-state index is 9.78. The molecule has 0 radical (unpaired) electrons. The average molecular weight is 213 g/mol. The van der Waals surface area contributed by atoms with Crippen LogP contribution in [0.5, 0.6) is 0 Å². The molecule has 0 spiro atoms. The number of rotatable bonds is 3. The van der Waals surface area contributed by atoms with Crippen molar-refractivity contribution < 1.29 is 13.9 Å². The summed E-state index contributed by atoms with van der Waals surface area (Å²) in [7, 11) is 0. The van der Waals surface area contributed by atoms with Crippen LogP contribution < -0.4 is 0 Å². The minimum Gasteiger partial charge on any atom is -0.472 e. The summed E-state index contributed by atoms with van der Waals surface area (Å²) < 4.78 is 9.78. The summed E-state index contributed by atoms with van der Waals surface area (Å²) in [4.78, 5) is 0. The first-order valence-corrected chi connectivity index (χ1v) is 4.57. The van der Waals surface area contributed by atoms with E-state index >= 15 is 0 Å². The predicted octanol–water partition coefficient (Wildman–Crippen LogP) is 2.80. The van der Waals surface area contributed by atoms with Gasteiger partial charge in [0.15, 0.2) is 5.22 Å². The van der Waals surface area contributed by atoms with Crippen molar-refractivity contribution in [3.05, 3.63) is 47.3 Å². The molecule has 2 aromatic rings. The van der Waals surface area contributed by atoms with E-state index in [1.165, 1.54) is 6.26 Å². The maximum absolute atomic E-state index is 9.78. The summed E-state index contributed by atoms with van der Waals surface area (Å²) in [6, 6.07) is 3.46. The standard InChI is InChI=1S/C10H9ClO3/c11-10-8(2-4-14-10)9(12)5-7-1-3-13-6-7/h1-4,6,9,12H,5H2. The molecule has 0 aromatic carbocycles. The quantitative estimate of drug-likeness (QED) is 0.851. The summed E-state index contributed by atoms with van der Waals surface area (Å²) in [6.07, 6.45) is 4.43. The van der Waals surface area contributed by atoms with Crippen LogP contribution >= 0.6 is 11.6 Å². The summed E-state index contributed by atoms with van der Waals surface area (Å²) in [6.45, 7) is 0. The highest BCUT2D eigenvalue weighted by molar-refractivity contribution is 6.29. The van der Waals surface area contributed by atoms with Crippen LogP contribution in [0.4, 0.5) is 0 Å². The Morgan fingerprint density at radius 1 is 1.36 bits per heavy atom. The van der Waals surface area contributed by atoms with Crippen LogP contribution in [0.3, 0.4) is 0 Å². The number of hydrogen-bond acceptors (Lipinski definition) is 3. The van der Waals surface area contributed by atoms with Gasteiger partial charge in [-0.3, -0.25) is 0 Å². The Morgan fingerprint density at radius 3 is 2.79 bits per heavy atom. The Hall–Kier alpha value is -1.19. The average Bonchev–Trinajstić information content (AvgIpc) is 2.75. The molecule has 2 heterocycles. The Balaban J connectivity index is 2.10. The highest BCUT2D eigenvalue weighted by atomic mass is 35.5. The molecule has 0 aliphatic carbocycles. The molecule has 2 rings (SSSR count). The predicted molar refractivity (Wildman–Crippen MR) is 51.1 cm³/mol. The Morgan fingerprint density at radius 2 is 2.21 bits per heavy atom. The van der Waals surface area contributed by atoms with Crippen molar-refractivity contribution in [2.24, 2.45) is 0 Å². The van der Waals surface area contributed by atoms with Gasteiger partial charge in [-0.25, -0.2) is 0 Å². The van der Waals surface area contributed by atoms with Crippen molar-refractivity contribution >= 4 is 11.6 Å². The lowest BCUT2D eigenvalue weighted by Gasteiger charge is -2.06. The van der Waals surface area contributed by atoms with E-state index in [1.807, 2.05) is 0 Å². The lowest BCUT2D eigenvalue weighted by atomic mass is 10.1. The zero-order valence-corrected chi connectivity index (χ0v) is 8.07. The number of aliphatic hydroxyl groups excluding tert-OH is 1. The fourth-order valence-corrected chi connectivity index (χ4v) is 1.53. The van der Waals surface area contributed by atoms with E-state index in [2.05, 4.69) is 0 Å². The van der Waals surface area contributed by atoms with E-state index in [-0.39, 0.29) is 5.22 Å². The van der Waals surface area contributed by atoms with E-state index in [0.717, 1.165) is 5.56 Å². The Kier molecular flexibility index (Phi) is 2.61. The molecule has 0 aliphatic rings. The largest absolute Gasteiger partial charge is 0.472 e. The number of furan rings is 2. The van der Waals surface area contributed by atoms with Gasteiger partial charge in [0.2, 0.25) is 0 Å². The van der Waals surface area contributed by atoms with Gasteiger partial charge in [-0.2, -0.15) is 0 Å². The number of halogens is 1. The summed E-state index contributed by atoms with van der Waals surface area (Å²) in [5.74, 6) is 0. The zero-order valence-electron chi connectivity index (χ0n) is 7.31. The van der Waals surface area contributed by atoms with Crippen molar-refractivity contribution in [1.82, 2.24) is 0 Å². The molecule has 14 heavy (non-hydrogen) atoms. The highest BCUT2D eigenvalue weighted by Gasteiger charge is 2.14. The molecular weight excluding hydrogens is 204 g/mol. The van der Waals surface area contributed by atoms with Gasteiger partial charge in [-0.05, 0) is 29.3 Å². The molecule has 2 aromatic heterocycles. The van der Waals surface area contributed by atoms with Gasteiger partial charge in [0, 0.05) is 12.0 Å². The summed E-state index contributed by atoms with van der Waals surface area (Å²) >= 11 is 5.72. The minimum absolute atomic E-state index is 0.237. The second-order valence-corrected chi connectivity index (χ2v) is 3.34. The smallest absolute Gasteiger partial charge is 0.198 e. The second-order valence-electron chi connectivity index (χ2n) is 3.00. The monoisotopic (exact) mass is 212 g/mol. The van der Waals surface area contributed by atoms with Crippen LogP contribution in [0.25, 0.3) is 0 Å². The number of aliphatic hydroxyl groups is 1. The van der Waals surface area contributed by atoms with Crippen LogP contribution in [0.15, 0.2) is 39.8 Å². The van der Waals surface area contributed by atoms with Crippen LogP contribution in [-0.2, 0) is 6.42 Å². The molecule has 0 aliphatic heterocycles. The van der Waals surface area contributed by atoms with E-state index in [9.17, 15) is 5.11 Å². The van der Waals surface area contributed by atoms with Crippen molar-refractivity contribution in [2.45, 2.75) is 12.5 Å². The third kappa shape index (κ3) is 1.84. The molecule has 4 heteroatoms. The van der Waals surface area contributed by atoms with Gasteiger partial charge in [0.1, 0.15) is 0 Å². The van der Waals surface area contributed by atoms with Crippen molar-refractivity contribution in [1.29, 1.82) is 0 Å². The van der Waals surface area contributed by atoms with E-state index in [4.69, 9.17) is 20.4 Å². The fraction of sp³-hybridized carbons (Fsp3) is 0.200. The molecule has 0 saturated heterocycles. The molecule has 0 saturated carbocycles. The summed E-state index contributed by atoms with van der Waals surface area (Å²) in [5, 5.41) is 10.0. The molecule has 0 amide bonds. The van der Waals surface area contributed by atoms with E-state index in [1.54, 1.807) is 24.7 Å². The van der Waals surface area contributed by atoms with Gasteiger partial charge >= 0.3 is 0 Å². The number of hydrogen-bond donors (Lipinski definition) is 1. The molecule has 1 N–H and O–H groups in total. The van der Waals surface area contributed by atoms with Gasteiger partial charge in [-0.1, -0.05) is 0 Å². The van der Waals surface area contributed by atoms with E-state index in [0.29, 0.717) is 12.0 Å². The lowest BCUT2D eigenvalue weighted by Crippen LogP contribution is -1.99. The van der Waals surface area contributed by atoms with E-state index < -0.39 is 6.10 Å². The molecule has 74 valence electrons. The van der Waals surface area contributed by atoms with Gasteiger partial charge in [0.25, 0.3) is 0 Å². The zero-order chi connectivity index (χ0) is 9.97. The second kappa shape index (κ2) is 3.90. The molecule has 1 unspecified atom stereocenters. The normalized spacial score (nSPS) is 13.0. The molecule has 1 atom stereocenters. The highest BCUT2D eigenvalue weighted by Crippen LogP contribution is 2.26. The molecule has 3 nitrogen and oxygen atoms in total. The molecule has 0 bridgehead atoms. The first-order chi connectivity index (χ1) is 6.77. The van der Waals surface area contributed by atoms with Gasteiger partial charge in [0.05, 0.1) is 24.9 Å². The lowest BCUT2D eigenvalue weighted by molar-refractivity contribution is 0.177. The third-order valence-electron chi connectivity index (χ3n) is 2.01. The van der Waals surface area contributed by atoms with Crippen LogP contribution in [0.2, 0.25) is 5.22 Å². The molecular formula is C10H9ClO3. The van der Waals surface area contributed by atoms with Crippen LogP contribution in [0.1, 0.15) is 17.2 Å². The van der Waals surface area contributed by atoms with Crippen LogP contribution in [-0.4, -0.2) is 5.11 Å². The minimum atomic E-state index is -0.654. The third-order valence-corrected chi connectivity index (χ3v) is 2.32. The van der Waals surface area contributed by atoms with Crippen molar-refractivity contribution in [3.63, 3.8) is 0 Å².